The standard InChI is InChI=1S/C75H139NO18/c1-3-5-7-9-11-13-15-16-17-18-19-20-21-22-23-24-25-26-27-28-29-30-31-32-33-34-35-36-37-38-39-40-41-43-45-47-49-51-53-63(81)76-58(59(80)52-50-48-46-44-42-14-12-10-8-6-4-2)57-89-73-69(87)66(84)71(61(55-78)91-73)94-75-70(88)67(85)72(62(56-79)92-75)93-74-68(86)65(83)64(82)60(54-77)90-74/h8,10,42,44,50,52,58-62,64-75,77-80,82-88H,3-7,9,11-41,43,45-49,51,53-57H2,1-2H3,(H,76,81)/b10-8+,44-42+,52-50+. The van der Waals surface area contributed by atoms with E-state index in [9.17, 15) is 61.0 Å². The van der Waals surface area contributed by atoms with Crippen molar-refractivity contribution in [1.29, 1.82) is 0 Å². The van der Waals surface area contributed by atoms with Gasteiger partial charge in [-0.05, 0) is 38.5 Å². The van der Waals surface area contributed by atoms with Crippen LogP contribution in [0.2, 0.25) is 0 Å². The summed E-state index contributed by atoms with van der Waals surface area (Å²) in [7, 11) is 0. The maximum Gasteiger partial charge on any atom is 0.220 e. The lowest BCUT2D eigenvalue weighted by molar-refractivity contribution is -0.379. The predicted octanol–water partition coefficient (Wildman–Crippen LogP) is 11.6. The summed E-state index contributed by atoms with van der Waals surface area (Å²) in [5.41, 5.74) is 0. The molecular formula is C75H139NO18. The van der Waals surface area contributed by atoms with E-state index in [-0.39, 0.29) is 18.9 Å². The normalized spacial score (nSPS) is 27.5. The molecule has 552 valence electrons. The lowest BCUT2D eigenvalue weighted by Gasteiger charge is -2.48. The number of unbranched alkanes of at least 4 members (excludes halogenated alkanes) is 40. The summed E-state index contributed by atoms with van der Waals surface area (Å²) in [4.78, 5) is 13.4. The van der Waals surface area contributed by atoms with E-state index < -0.39 is 124 Å². The number of hydrogen-bond donors (Lipinski definition) is 12. The first-order valence-corrected chi connectivity index (χ1v) is 38.2. The Kier molecular flexibility index (Phi) is 52.0. The van der Waals surface area contributed by atoms with Crippen LogP contribution in [-0.4, -0.2) is 193 Å². The van der Waals surface area contributed by atoms with E-state index in [1.807, 2.05) is 6.08 Å². The second-order valence-corrected chi connectivity index (χ2v) is 27.5. The number of aliphatic hydroxyl groups excluding tert-OH is 11. The van der Waals surface area contributed by atoms with Crippen molar-refractivity contribution in [3.05, 3.63) is 36.5 Å². The monoisotopic (exact) mass is 1340 g/mol. The average molecular weight is 1340 g/mol. The fraction of sp³-hybridized carbons (Fsp3) is 0.907. The Bertz CT molecular complexity index is 1840. The fourth-order valence-electron chi connectivity index (χ4n) is 13.0. The zero-order chi connectivity index (χ0) is 68.2. The first-order chi connectivity index (χ1) is 45.8. The van der Waals surface area contributed by atoms with Crippen LogP contribution < -0.4 is 5.32 Å². The number of aliphatic hydroxyl groups is 11. The quantitative estimate of drug-likeness (QED) is 0.0199. The molecule has 3 fully saturated rings. The zero-order valence-electron chi connectivity index (χ0n) is 58.7. The van der Waals surface area contributed by atoms with Gasteiger partial charge in [0.1, 0.15) is 73.2 Å². The van der Waals surface area contributed by atoms with Crippen molar-refractivity contribution < 1.29 is 89.4 Å². The lowest BCUT2D eigenvalue weighted by Crippen LogP contribution is -2.66. The van der Waals surface area contributed by atoms with Gasteiger partial charge in [0.15, 0.2) is 18.9 Å². The molecule has 0 saturated carbocycles. The summed E-state index contributed by atoms with van der Waals surface area (Å²) in [6, 6.07) is -0.993. The molecule has 12 N–H and O–H groups in total. The Morgan fingerprint density at radius 3 is 1.04 bits per heavy atom. The van der Waals surface area contributed by atoms with Crippen LogP contribution in [-0.2, 0) is 33.2 Å². The molecule has 17 unspecified atom stereocenters. The van der Waals surface area contributed by atoms with Crippen molar-refractivity contribution in [2.75, 3.05) is 26.4 Å². The molecule has 19 heteroatoms. The third-order valence-electron chi connectivity index (χ3n) is 19.2. The highest BCUT2D eigenvalue weighted by Gasteiger charge is 2.53. The van der Waals surface area contributed by atoms with E-state index >= 15 is 0 Å². The number of nitrogens with one attached hydrogen (secondary N) is 1. The fourth-order valence-corrected chi connectivity index (χ4v) is 13.0. The minimum absolute atomic E-state index is 0.236. The van der Waals surface area contributed by atoms with Crippen molar-refractivity contribution in [2.45, 2.75) is 407 Å². The van der Waals surface area contributed by atoms with Crippen molar-refractivity contribution >= 4 is 5.91 Å². The Hall–Kier alpha value is -1.99. The smallest absolute Gasteiger partial charge is 0.220 e. The van der Waals surface area contributed by atoms with Gasteiger partial charge in [-0.15, -0.1) is 0 Å². The summed E-state index contributed by atoms with van der Waals surface area (Å²) < 4.78 is 34.3. The van der Waals surface area contributed by atoms with Crippen LogP contribution in [0.15, 0.2) is 36.5 Å². The van der Waals surface area contributed by atoms with Crippen molar-refractivity contribution in [3.63, 3.8) is 0 Å². The summed E-state index contributed by atoms with van der Waals surface area (Å²) in [6.07, 6.45) is 42.0. The van der Waals surface area contributed by atoms with Gasteiger partial charge in [0, 0.05) is 6.42 Å². The average Bonchev–Trinajstić information content (AvgIpc) is 0.787. The number of ether oxygens (including phenoxy) is 6. The van der Waals surface area contributed by atoms with Gasteiger partial charge in [-0.25, -0.2) is 0 Å². The Balaban J connectivity index is 1.27. The van der Waals surface area contributed by atoms with Crippen molar-refractivity contribution in [2.24, 2.45) is 0 Å². The first kappa shape index (κ1) is 86.2. The predicted molar refractivity (Wildman–Crippen MR) is 369 cm³/mol. The molecule has 17 atom stereocenters. The Labute approximate surface area is 568 Å². The molecule has 0 bridgehead atoms. The SMILES string of the molecule is CCC/C=C/CC/C=C/CC/C=C/C(O)C(COC1OC(CO)C(OC2OC(CO)C(OC3OC(CO)C(O)C(O)C3O)C(O)C2O)C(O)C1O)NC(=O)CCCCCCCCCCCCCCCCCCCCCCCCCCCCCCCCCCCCCCCC. The van der Waals surface area contributed by atoms with Crippen LogP contribution in [0.5, 0.6) is 0 Å². The third-order valence-corrected chi connectivity index (χ3v) is 19.2. The van der Waals surface area contributed by atoms with Crippen LogP contribution in [0.4, 0.5) is 0 Å². The van der Waals surface area contributed by atoms with Gasteiger partial charge in [-0.3, -0.25) is 4.79 Å². The molecule has 0 spiro atoms. The summed E-state index contributed by atoms with van der Waals surface area (Å²) >= 11 is 0. The Morgan fingerprint density at radius 2 is 0.681 bits per heavy atom. The van der Waals surface area contributed by atoms with E-state index in [2.05, 4.69) is 43.5 Å². The molecule has 0 aromatic carbocycles. The molecule has 94 heavy (non-hydrogen) atoms. The van der Waals surface area contributed by atoms with E-state index in [0.29, 0.717) is 12.8 Å². The minimum Gasteiger partial charge on any atom is -0.394 e. The number of carbonyl (C=O) groups excluding carboxylic acids is 1. The number of rotatable bonds is 60. The van der Waals surface area contributed by atoms with E-state index in [0.717, 1.165) is 51.4 Å². The van der Waals surface area contributed by atoms with Crippen LogP contribution in [0, 0.1) is 0 Å². The molecule has 3 saturated heterocycles. The van der Waals surface area contributed by atoms with Crippen molar-refractivity contribution in [3.8, 4) is 0 Å². The molecule has 3 aliphatic rings. The number of amides is 1. The molecule has 1 amide bonds. The zero-order valence-corrected chi connectivity index (χ0v) is 58.7. The maximum atomic E-state index is 13.4. The molecule has 19 nitrogen and oxygen atoms in total. The Morgan fingerprint density at radius 1 is 0.372 bits per heavy atom. The van der Waals surface area contributed by atoms with Crippen LogP contribution in [0.1, 0.15) is 303 Å². The van der Waals surface area contributed by atoms with Crippen LogP contribution >= 0.6 is 0 Å². The number of hydrogen-bond acceptors (Lipinski definition) is 18. The molecule has 3 rings (SSSR count). The highest BCUT2D eigenvalue weighted by molar-refractivity contribution is 5.76. The summed E-state index contributed by atoms with van der Waals surface area (Å²) in [6.45, 7) is 1.65. The molecule has 0 aromatic heterocycles. The molecule has 3 heterocycles. The molecule has 0 radical (unpaired) electrons. The van der Waals surface area contributed by atoms with Crippen molar-refractivity contribution in [1.82, 2.24) is 5.32 Å². The van der Waals surface area contributed by atoms with Gasteiger partial charge in [0.2, 0.25) is 5.91 Å². The maximum absolute atomic E-state index is 13.4. The van der Waals surface area contributed by atoms with E-state index in [4.69, 9.17) is 28.4 Å². The highest BCUT2D eigenvalue weighted by atomic mass is 16.8. The first-order valence-electron chi connectivity index (χ1n) is 38.2. The summed E-state index contributed by atoms with van der Waals surface area (Å²) in [5.74, 6) is -0.287. The molecule has 0 aliphatic carbocycles. The number of carbonyl (C=O) groups is 1. The van der Waals surface area contributed by atoms with Crippen LogP contribution in [0.3, 0.4) is 0 Å². The minimum atomic E-state index is -1.98. The topological polar surface area (TPSA) is 307 Å². The van der Waals surface area contributed by atoms with E-state index in [1.165, 1.54) is 218 Å². The molecule has 0 aromatic rings. The third kappa shape index (κ3) is 37.4. The van der Waals surface area contributed by atoms with Gasteiger partial charge < -0.3 is 89.9 Å². The van der Waals surface area contributed by atoms with E-state index in [1.54, 1.807) is 6.08 Å². The molecule has 3 aliphatic heterocycles. The van der Waals surface area contributed by atoms with Gasteiger partial charge in [-0.2, -0.15) is 0 Å². The lowest BCUT2D eigenvalue weighted by atomic mass is 9.96. The second-order valence-electron chi connectivity index (χ2n) is 27.5. The van der Waals surface area contributed by atoms with Gasteiger partial charge in [0.25, 0.3) is 0 Å². The highest BCUT2D eigenvalue weighted by Crippen LogP contribution is 2.33. The number of allylic oxidation sites excluding steroid dienone is 5. The van der Waals surface area contributed by atoms with Gasteiger partial charge >= 0.3 is 0 Å². The van der Waals surface area contributed by atoms with Gasteiger partial charge in [-0.1, -0.05) is 294 Å². The van der Waals surface area contributed by atoms with Gasteiger partial charge in [0.05, 0.1) is 38.6 Å². The summed E-state index contributed by atoms with van der Waals surface area (Å²) in [5, 5.41) is 120. The molecular weight excluding hydrogens is 1200 g/mol. The largest absolute Gasteiger partial charge is 0.394 e. The second kappa shape index (κ2) is 56.7. The van der Waals surface area contributed by atoms with Crippen LogP contribution in [0.25, 0.3) is 0 Å².